The second kappa shape index (κ2) is 6.51. The maximum absolute atomic E-state index is 12.1. The van der Waals surface area contributed by atoms with Crippen molar-refractivity contribution < 1.29 is 23.9 Å². The first-order valence-electron chi connectivity index (χ1n) is 4.93. The average Bonchev–Trinajstić information content (AvgIpc) is 2.80. The summed E-state index contributed by atoms with van der Waals surface area (Å²) in [6, 6.07) is 3.05. The van der Waals surface area contributed by atoms with E-state index in [1.165, 1.54) is 13.2 Å². The van der Waals surface area contributed by atoms with Gasteiger partial charge in [-0.1, -0.05) is 11.6 Å². The molecule has 0 saturated carbocycles. The van der Waals surface area contributed by atoms with Crippen LogP contribution in [0.5, 0.6) is 0 Å². The van der Waals surface area contributed by atoms with E-state index in [4.69, 9.17) is 11.6 Å². The highest BCUT2D eigenvalue weighted by molar-refractivity contribution is 7.18. The lowest BCUT2D eigenvalue weighted by Crippen LogP contribution is -2.28. The Kier molecular flexibility index (Phi) is 5.30. The molecule has 0 bridgehead atoms. The van der Waals surface area contributed by atoms with E-state index < -0.39 is 23.6 Å². The number of thiophene rings is 1. The molecule has 0 aliphatic heterocycles. The Bertz CT molecular complexity index is 468. The molecule has 1 atom stereocenters. The van der Waals surface area contributed by atoms with Crippen molar-refractivity contribution in [2.24, 2.45) is 5.92 Å². The first-order chi connectivity index (χ1) is 8.49. The summed E-state index contributed by atoms with van der Waals surface area (Å²) < 4.78 is 9.39. The number of halogens is 1. The van der Waals surface area contributed by atoms with E-state index in [0.717, 1.165) is 18.4 Å². The first kappa shape index (κ1) is 14.7. The van der Waals surface area contributed by atoms with Gasteiger partial charge in [-0.05, 0) is 12.1 Å². The molecule has 0 radical (unpaired) electrons. The Balaban J connectivity index is 2.92. The Morgan fingerprint density at radius 3 is 2.39 bits per heavy atom. The molecule has 0 saturated heterocycles. The monoisotopic (exact) mass is 290 g/mol. The molecule has 0 N–H and O–H groups in total. The van der Waals surface area contributed by atoms with Crippen molar-refractivity contribution in [1.29, 1.82) is 0 Å². The Labute approximate surface area is 113 Å². The van der Waals surface area contributed by atoms with Crippen LogP contribution in [0.15, 0.2) is 12.1 Å². The van der Waals surface area contributed by atoms with Gasteiger partial charge < -0.3 is 9.47 Å². The van der Waals surface area contributed by atoms with Crippen LogP contribution in [0, 0.1) is 5.92 Å². The molecule has 98 valence electrons. The van der Waals surface area contributed by atoms with Crippen LogP contribution < -0.4 is 0 Å². The van der Waals surface area contributed by atoms with Crippen molar-refractivity contribution in [2.75, 3.05) is 14.2 Å². The molecule has 0 spiro atoms. The Morgan fingerprint density at radius 2 is 1.94 bits per heavy atom. The molecular formula is C11H11ClO5S. The average molecular weight is 291 g/mol. The van der Waals surface area contributed by atoms with Crippen molar-refractivity contribution in [3.8, 4) is 0 Å². The molecule has 0 amide bonds. The van der Waals surface area contributed by atoms with Crippen LogP contribution in [-0.2, 0) is 19.1 Å². The van der Waals surface area contributed by atoms with Gasteiger partial charge >= 0.3 is 11.9 Å². The fourth-order valence-electron chi connectivity index (χ4n) is 1.29. The van der Waals surface area contributed by atoms with Crippen LogP contribution in [0.2, 0.25) is 4.34 Å². The third-order valence-electron chi connectivity index (χ3n) is 2.22. The number of ether oxygens (including phenoxy) is 2. The standard InChI is InChI=1S/C11H11ClO5S/c1-16-9(13)5-6(11(15)17-2)10(14)7-3-4-8(12)18-7/h3-4,6H,5H2,1-2H3. The van der Waals surface area contributed by atoms with E-state index in [2.05, 4.69) is 9.47 Å². The zero-order chi connectivity index (χ0) is 13.7. The molecule has 0 aliphatic rings. The van der Waals surface area contributed by atoms with Gasteiger partial charge in [0.05, 0.1) is 29.9 Å². The van der Waals surface area contributed by atoms with E-state index >= 15 is 0 Å². The number of hydrogen-bond acceptors (Lipinski definition) is 6. The van der Waals surface area contributed by atoms with Gasteiger partial charge in [-0.25, -0.2) is 0 Å². The minimum Gasteiger partial charge on any atom is -0.469 e. The molecule has 0 fully saturated rings. The maximum Gasteiger partial charge on any atom is 0.317 e. The van der Waals surface area contributed by atoms with Crippen molar-refractivity contribution in [2.45, 2.75) is 6.42 Å². The van der Waals surface area contributed by atoms with Gasteiger partial charge in [0.25, 0.3) is 0 Å². The summed E-state index contributed by atoms with van der Waals surface area (Å²) in [5.74, 6) is -3.11. The summed E-state index contributed by atoms with van der Waals surface area (Å²) in [4.78, 5) is 35.0. The van der Waals surface area contributed by atoms with E-state index in [9.17, 15) is 14.4 Å². The van der Waals surface area contributed by atoms with Crippen LogP contribution in [0.4, 0.5) is 0 Å². The quantitative estimate of drug-likeness (QED) is 0.471. The molecule has 5 nitrogen and oxygen atoms in total. The number of ketones is 1. The minimum atomic E-state index is -1.20. The van der Waals surface area contributed by atoms with Gasteiger partial charge in [-0.3, -0.25) is 14.4 Å². The molecule has 1 unspecified atom stereocenters. The van der Waals surface area contributed by atoms with E-state index in [-0.39, 0.29) is 6.42 Å². The normalized spacial score (nSPS) is 11.7. The van der Waals surface area contributed by atoms with Crippen LogP contribution in [0.1, 0.15) is 16.1 Å². The fraction of sp³-hybridized carbons (Fsp3) is 0.364. The molecule has 1 aromatic rings. The number of carbonyl (C=O) groups excluding carboxylic acids is 3. The van der Waals surface area contributed by atoms with Crippen molar-refractivity contribution in [3.05, 3.63) is 21.3 Å². The third kappa shape index (κ3) is 3.54. The summed E-state index contributed by atoms with van der Waals surface area (Å²) in [5.41, 5.74) is 0. The van der Waals surface area contributed by atoms with E-state index in [1.807, 2.05) is 0 Å². The highest BCUT2D eigenvalue weighted by Crippen LogP contribution is 2.25. The Hall–Kier alpha value is -1.40. The first-order valence-corrected chi connectivity index (χ1v) is 6.13. The third-order valence-corrected chi connectivity index (χ3v) is 3.46. The van der Waals surface area contributed by atoms with E-state index in [1.54, 1.807) is 6.07 Å². The van der Waals surface area contributed by atoms with Crippen molar-refractivity contribution in [1.82, 2.24) is 0 Å². The number of carbonyl (C=O) groups is 3. The number of hydrogen-bond donors (Lipinski definition) is 0. The van der Waals surface area contributed by atoms with Gasteiger partial charge in [0, 0.05) is 0 Å². The van der Waals surface area contributed by atoms with Crippen molar-refractivity contribution >= 4 is 40.7 Å². The summed E-state index contributed by atoms with van der Waals surface area (Å²) in [5, 5.41) is 0. The van der Waals surface area contributed by atoms with Gasteiger partial charge in [0.15, 0.2) is 5.78 Å². The predicted octanol–water partition coefficient (Wildman–Crippen LogP) is 1.94. The van der Waals surface area contributed by atoms with Gasteiger partial charge in [0.1, 0.15) is 5.92 Å². The highest BCUT2D eigenvalue weighted by atomic mass is 35.5. The van der Waals surface area contributed by atoms with Crippen LogP contribution in [-0.4, -0.2) is 31.9 Å². The number of methoxy groups -OCH3 is 2. The van der Waals surface area contributed by atoms with Crippen molar-refractivity contribution in [3.63, 3.8) is 0 Å². The summed E-state index contributed by atoms with van der Waals surface area (Å²) >= 11 is 6.76. The molecular weight excluding hydrogens is 280 g/mol. The van der Waals surface area contributed by atoms with Crippen LogP contribution >= 0.6 is 22.9 Å². The number of esters is 2. The molecule has 1 rings (SSSR count). The smallest absolute Gasteiger partial charge is 0.317 e. The second-order valence-corrected chi connectivity index (χ2v) is 5.04. The summed E-state index contributed by atoms with van der Waals surface area (Å²) in [6.07, 6.45) is -0.350. The maximum atomic E-state index is 12.1. The molecule has 0 aromatic carbocycles. The summed E-state index contributed by atoms with van der Waals surface area (Å²) in [7, 11) is 2.34. The van der Waals surface area contributed by atoms with Gasteiger partial charge in [0.2, 0.25) is 0 Å². The van der Waals surface area contributed by atoms with E-state index in [0.29, 0.717) is 9.21 Å². The highest BCUT2D eigenvalue weighted by Gasteiger charge is 2.32. The lowest BCUT2D eigenvalue weighted by molar-refractivity contribution is -0.150. The van der Waals surface area contributed by atoms with Gasteiger partial charge in [-0.2, -0.15) is 0 Å². The SMILES string of the molecule is COC(=O)CC(C(=O)OC)C(=O)c1ccc(Cl)s1. The fourth-order valence-corrected chi connectivity index (χ4v) is 2.33. The predicted molar refractivity (Wildman–Crippen MR) is 65.8 cm³/mol. The molecule has 1 aromatic heterocycles. The zero-order valence-electron chi connectivity index (χ0n) is 9.77. The topological polar surface area (TPSA) is 69.7 Å². The molecule has 18 heavy (non-hydrogen) atoms. The molecule has 7 heteroatoms. The van der Waals surface area contributed by atoms with Gasteiger partial charge in [-0.15, -0.1) is 11.3 Å². The minimum absolute atomic E-state index is 0.305. The largest absolute Gasteiger partial charge is 0.469 e. The van der Waals surface area contributed by atoms with Crippen LogP contribution in [0.3, 0.4) is 0 Å². The molecule has 1 heterocycles. The zero-order valence-corrected chi connectivity index (χ0v) is 11.3. The summed E-state index contributed by atoms with van der Waals surface area (Å²) in [6.45, 7) is 0. The lowest BCUT2D eigenvalue weighted by Gasteiger charge is -2.11. The van der Waals surface area contributed by atoms with Crippen LogP contribution in [0.25, 0.3) is 0 Å². The molecule has 0 aliphatic carbocycles. The lowest BCUT2D eigenvalue weighted by atomic mass is 9.99. The Morgan fingerprint density at radius 1 is 1.28 bits per heavy atom. The second-order valence-electron chi connectivity index (χ2n) is 3.32. The number of Topliss-reactive ketones (excluding diaryl/α,β-unsaturated/α-hetero) is 1. The number of rotatable bonds is 5.